The number of nitrogens with two attached hydrogens (primary N) is 1. The van der Waals surface area contributed by atoms with Crippen molar-refractivity contribution in [3.8, 4) is 11.5 Å². The summed E-state index contributed by atoms with van der Waals surface area (Å²) in [4.78, 5) is 41.1. The maximum Gasteiger partial charge on any atom is 0.511 e. The minimum absolute atomic E-state index is 0.0514. The molecule has 16 nitrogen and oxygen atoms in total. The van der Waals surface area contributed by atoms with E-state index in [4.69, 9.17) is 34.2 Å². The molecule has 18 heteroatoms. The van der Waals surface area contributed by atoms with Crippen LogP contribution in [0, 0.1) is 5.82 Å². The van der Waals surface area contributed by atoms with Gasteiger partial charge in [0.1, 0.15) is 35.7 Å². The zero-order valence-electron chi connectivity index (χ0n) is 29.4. The lowest BCUT2D eigenvalue weighted by Crippen LogP contribution is -2.45. The average molecular weight is 729 g/mol. The quantitative estimate of drug-likeness (QED) is 0.0526. The number of unbranched alkanes of at least 4 members (excludes halogenated alkanes) is 1. The van der Waals surface area contributed by atoms with E-state index in [-0.39, 0.29) is 42.1 Å². The number of hydrogen-bond donors (Lipinski definition) is 3. The van der Waals surface area contributed by atoms with E-state index in [1.807, 2.05) is 6.92 Å². The Morgan fingerprint density at radius 1 is 1.13 bits per heavy atom. The summed E-state index contributed by atoms with van der Waals surface area (Å²) in [5.74, 6) is -0.286. The number of methoxy groups -OCH3 is 1. The van der Waals surface area contributed by atoms with Crippen LogP contribution in [0.15, 0.2) is 64.8 Å². The van der Waals surface area contributed by atoms with Crippen molar-refractivity contribution in [3.63, 3.8) is 0 Å². The molecule has 2 atom stereocenters. The molecule has 1 unspecified atom stereocenters. The third-order valence-corrected chi connectivity index (χ3v) is 7.14. The predicted molar refractivity (Wildman–Crippen MR) is 186 cm³/mol. The summed E-state index contributed by atoms with van der Waals surface area (Å²) in [6.45, 7) is 5.26. The highest BCUT2D eigenvalue weighted by molar-refractivity contribution is 6.03. The fraction of sp³-hybridized carbons (Fsp3) is 0.412. The first-order chi connectivity index (χ1) is 25.0. The molecule has 0 spiro atoms. The fourth-order valence-electron chi connectivity index (χ4n) is 4.50. The summed E-state index contributed by atoms with van der Waals surface area (Å²) < 4.78 is 61.2. The van der Waals surface area contributed by atoms with Crippen LogP contribution in [-0.4, -0.2) is 79.6 Å². The number of ether oxygens (including phenoxy) is 6. The number of benzene rings is 2. The van der Waals surface area contributed by atoms with Crippen molar-refractivity contribution in [3.05, 3.63) is 71.8 Å². The van der Waals surface area contributed by atoms with Gasteiger partial charge in [0.05, 0.1) is 20.3 Å². The molecule has 0 aliphatic carbocycles. The van der Waals surface area contributed by atoms with Crippen LogP contribution >= 0.6 is 0 Å². The molecule has 2 aromatic carbocycles. The lowest BCUT2D eigenvalue weighted by Gasteiger charge is -2.25. The van der Waals surface area contributed by atoms with Crippen molar-refractivity contribution in [2.24, 2.45) is 15.7 Å². The van der Waals surface area contributed by atoms with Gasteiger partial charge in [-0.15, -0.1) is 0 Å². The molecule has 0 bridgehead atoms. The Morgan fingerprint density at radius 2 is 1.87 bits per heavy atom. The summed E-state index contributed by atoms with van der Waals surface area (Å²) >= 11 is 0. The van der Waals surface area contributed by atoms with Crippen molar-refractivity contribution >= 4 is 35.6 Å². The maximum absolute atomic E-state index is 16.2. The van der Waals surface area contributed by atoms with Gasteiger partial charge in [-0.05, 0) is 63.6 Å². The number of anilines is 2. The number of aliphatic imine (C=N–C) groups is 2. The molecule has 4 rings (SSSR count). The molecule has 1 aliphatic heterocycles. The van der Waals surface area contributed by atoms with Gasteiger partial charge in [-0.1, -0.05) is 13.3 Å². The van der Waals surface area contributed by atoms with Gasteiger partial charge in [-0.25, -0.2) is 38.3 Å². The van der Waals surface area contributed by atoms with E-state index in [0.717, 1.165) is 6.42 Å². The van der Waals surface area contributed by atoms with Gasteiger partial charge in [0, 0.05) is 35.3 Å². The molecular weight excluding hydrogens is 686 g/mol. The van der Waals surface area contributed by atoms with E-state index in [0.29, 0.717) is 23.4 Å². The molecule has 1 aliphatic rings. The highest BCUT2D eigenvalue weighted by atomic mass is 19.1. The van der Waals surface area contributed by atoms with Gasteiger partial charge < -0.3 is 34.7 Å². The molecule has 52 heavy (non-hydrogen) atoms. The van der Waals surface area contributed by atoms with E-state index in [1.54, 1.807) is 37.3 Å². The minimum atomic E-state index is -1.40. The van der Waals surface area contributed by atoms with E-state index in [2.05, 4.69) is 30.7 Å². The van der Waals surface area contributed by atoms with Gasteiger partial charge >= 0.3 is 12.2 Å². The molecule has 1 amide bonds. The number of halogens is 2. The molecule has 0 saturated carbocycles. The van der Waals surface area contributed by atoms with Crippen molar-refractivity contribution in [2.75, 3.05) is 44.1 Å². The van der Waals surface area contributed by atoms with Crippen LogP contribution in [0.1, 0.15) is 57.7 Å². The second kappa shape index (κ2) is 18.5. The van der Waals surface area contributed by atoms with E-state index < -0.39 is 49.5 Å². The maximum atomic E-state index is 16.2. The number of rotatable bonds is 17. The molecule has 4 N–H and O–H groups in total. The Bertz CT molecular complexity index is 1710. The zero-order chi connectivity index (χ0) is 37.7. The van der Waals surface area contributed by atoms with Crippen molar-refractivity contribution in [1.29, 1.82) is 0 Å². The third-order valence-electron chi connectivity index (χ3n) is 7.14. The van der Waals surface area contributed by atoms with E-state index in [9.17, 15) is 14.0 Å². The van der Waals surface area contributed by atoms with Crippen LogP contribution in [0.2, 0.25) is 0 Å². The normalized spacial score (nSPS) is 14.9. The standard InChI is InChI=1S/C34H42F2N8O8/c1-6-8-16-49-32(45)41-28(37)21-10-12-22(13-11-21)40-27(24-17-23(47-5)18-25(26(24)36)48-7-2)29-42-31(44(43-29)30-38-14-9-15-39-30)50-20-51-33(46)52-34(3,4)19-35/h9-15,17-18,27,31,40H,6-8,16,19-20H2,1-5H3,(H,42,43)(H2,37,41,45)/t27?,31-/m1/s1. The number of carbonyl (C=O) groups is 2. The molecule has 280 valence electrons. The SMILES string of the molecule is CCCCOC(=O)N=C(N)c1ccc(NC(C2=N[C@@H](OCOC(=O)OC(C)(C)CF)N(c3ncccn3)N2)c2cc(OC)cc(OCC)c2F)cc1. The van der Waals surface area contributed by atoms with Crippen molar-refractivity contribution < 1.29 is 46.8 Å². The van der Waals surface area contributed by atoms with Crippen molar-refractivity contribution in [1.82, 2.24) is 15.4 Å². The summed E-state index contributed by atoms with van der Waals surface area (Å²) in [5, 5.41) is 4.58. The number of amidine groups is 2. The van der Waals surface area contributed by atoms with Crippen LogP contribution in [0.4, 0.5) is 30.0 Å². The Labute approximate surface area is 299 Å². The fourth-order valence-corrected chi connectivity index (χ4v) is 4.50. The highest BCUT2D eigenvalue weighted by Crippen LogP contribution is 2.35. The van der Waals surface area contributed by atoms with Gasteiger partial charge in [-0.3, -0.25) is 10.2 Å². The first-order valence-corrected chi connectivity index (χ1v) is 16.3. The Hall–Kier alpha value is -5.78. The highest BCUT2D eigenvalue weighted by Gasteiger charge is 2.36. The van der Waals surface area contributed by atoms with Crippen LogP contribution in [-0.2, 0) is 18.9 Å². The summed E-state index contributed by atoms with van der Waals surface area (Å²) in [6, 6.07) is 9.96. The third kappa shape index (κ3) is 10.6. The molecule has 2 heterocycles. The Kier molecular flexibility index (Phi) is 13.8. The first-order valence-electron chi connectivity index (χ1n) is 16.3. The molecule has 0 saturated heterocycles. The molecule has 0 fully saturated rings. The van der Waals surface area contributed by atoms with Crippen molar-refractivity contribution in [2.45, 2.75) is 58.5 Å². The number of carbonyl (C=O) groups excluding carboxylic acids is 2. The number of nitrogens with zero attached hydrogens (tertiary/aromatic N) is 5. The Morgan fingerprint density at radius 3 is 2.52 bits per heavy atom. The van der Waals surface area contributed by atoms with Gasteiger partial charge in [0.15, 0.2) is 18.4 Å². The monoisotopic (exact) mass is 728 g/mol. The smallest absolute Gasteiger partial charge is 0.497 e. The largest absolute Gasteiger partial charge is 0.511 e. The van der Waals surface area contributed by atoms with Gasteiger partial charge in [0.25, 0.3) is 6.35 Å². The Balaban J connectivity index is 1.68. The van der Waals surface area contributed by atoms with E-state index in [1.165, 1.54) is 50.5 Å². The molecule has 3 aromatic rings. The lowest BCUT2D eigenvalue weighted by atomic mass is 10.0. The van der Waals surface area contributed by atoms with Crippen LogP contribution in [0.3, 0.4) is 0 Å². The zero-order valence-corrected chi connectivity index (χ0v) is 29.4. The number of hydrogen-bond acceptors (Lipinski definition) is 14. The van der Waals surface area contributed by atoms with Crippen LogP contribution < -0.4 is 31.0 Å². The first kappa shape index (κ1) is 39.0. The average Bonchev–Trinajstić information content (AvgIpc) is 3.56. The van der Waals surface area contributed by atoms with Crippen LogP contribution in [0.25, 0.3) is 0 Å². The second-order valence-electron chi connectivity index (χ2n) is 11.6. The van der Waals surface area contributed by atoms with E-state index >= 15 is 4.39 Å². The van der Waals surface area contributed by atoms with Gasteiger partial charge in [0.2, 0.25) is 5.95 Å². The number of aromatic nitrogens is 2. The lowest BCUT2D eigenvalue weighted by molar-refractivity contribution is -0.0946. The molecular formula is C34H42F2N8O8. The summed E-state index contributed by atoms with van der Waals surface area (Å²) in [5.41, 5.74) is 8.69. The molecule has 1 aromatic heterocycles. The van der Waals surface area contributed by atoms with Gasteiger partial charge in [-0.2, -0.15) is 4.99 Å². The predicted octanol–water partition coefficient (Wildman–Crippen LogP) is 5.40. The number of nitrogens with one attached hydrogen (secondary N) is 2. The summed E-state index contributed by atoms with van der Waals surface area (Å²) in [6.07, 6.45) is 1.32. The summed E-state index contributed by atoms with van der Waals surface area (Å²) in [7, 11) is 1.43. The number of alkyl halides is 1. The topological polar surface area (TPSA) is 193 Å². The minimum Gasteiger partial charge on any atom is -0.497 e. The number of hydrazine groups is 1. The number of amides is 1. The second-order valence-corrected chi connectivity index (χ2v) is 11.6. The molecule has 0 radical (unpaired) electrons. The van der Waals surface area contributed by atoms with Crippen LogP contribution in [0.5, 0.6) is 11.5 Å².